The van der Waals surface area contributed by atoms with Gasteiger partial charge in [-0.25, -0.2) is 5.43 Å². The van der Waals surface area contributed by atoms with E-state index < -0.39 is 0 Å². The molecule has 0 spiro atoms. The zero-order valence-electron chi connectivity index (χ0n) is 22.9. The summed E-state index contributed by atoms with van der Waals surface area (Å²) < 4.78 is 7.01. The van der Waals surface area contributed by atoms with E-state index in [2.05, 4.69) is 33.4 Å². The van der Waals surface area contributed by atoms with Crippen LogP contribution < -0.4 is 10.2 Å². The van der Waals surface area contributed by atoms with Crippen molar-refractivity contribution >= 4 is 28.1 Å². The number of ether oxygens (including phenoxy) is 1. The van der Waals surface area contributed by atoms with Crippen LogP contribution in [-0.4, -0.2) is 12.1 Å². The molecule has 0 aliphatic heterocycles. The Bertz CT molecular complexity index is 883. The number of nitrogens with zero attached hydrogens (tertiary/aromatic N) is 1. The van der Waals surface area contributed by atoms with Crippen LogP contribution in [0.5, 0.6) is 5.75 Å². The van der Waals surface area contributed by atoms with Crippen LogP contribution in [0.3, 0.4) is 0 Å². The molecule has 0 fully saturated rings. The summed E-state index contributed by atoms with van der Waals surface area (Å²) in [7, 11) is 0. The Morgan fingerprint density at radius 1 is 0.784 bits per heavy atom. The van der Waals surface area contributed by atoms with Gasteiger partial charge in [-0.3, -0.25) is 4.79 Å². The first-order valence-corrected chi connectivity index (χ1v) is 15.3. The lowest BCUT2D eigenvalue weighted by atomic mass is 10.0. The average Bonchev–Trinajstić information content (AvgIpc) is 2.91. The first kappa shape index (κ1) is 31.1. The Hall–Kier alpha value is -2.14. The third-order valence-corrected chi connectivity index (χ3v) is 7.16. The lowest BCUT2D eigenvalue weighted by Crippen LogP contribution is -2.17. The predicted octanol–water partition coefficient (Wildman–Crippen LogP) is 9.74. The number of amides is 1. The van der Waals surface area contributed by atoms with E-state index in [0.29, 0.717) is 13.0 Å². The van der Waals surface area contributed by atoms with Gasteiger partial charge in [0.15, 0.2) is 0 Å². The number of hydrogen-bond donors (Lipinski definition) is 1. The summed E-state index contributed by atoms with van der Waals surface area (Å²) in [5, 5.41) is 4.15. The first-order chi connectivity index (χ1) is 18.2. The molecule has 4 nitrogen and oxygen atoms in total. The van der Waals surface area contributed by atoms with Crippen molar-refractivity contribution in [1.29, 1.82) is 0 Å². The summed E-state index contributed by atoms with van der Waals surface area (Å²) >= 11 is 3.45. The summed E-state index contributed by atoms with van der Waals surface area (Å²) in [6.07, 6.45) is 22.0. The number of carbonyl (C=O) groups excluding carboxylic acids is 1. The van der Waals surface area contributed by atoms with Crippen LogP contribution in [0.15, 0.2) is 58.1 Å². The lowest BCUT2D eigenvalue weighted by Gasteiger charge is -2.09. The second-order valence-corrected chi connectivity index (χ2v) is 10.9. The maximum Gasteiger partial charge on any atom is 0.240 e. The lowest BCUT2D eigenvalue weighted by molar-refractivity contribution is -0.121. The van der Waals surface area contributed by atoms with Crippen LogP contribution in [0.25, 0.3) is 0 Å². The SMILES string of the molecule is CCCCCCCCCCCCCCCCCC(=O)N/N=C/c1ccccc1OCc1ccc(Br)cc1. The van der Waals surface area contributed by atoms with Crippen molar-refractivity contribution < 1.29 is 9.53 Å². The van der Waals surface area contributed by atoms with Gasteiger partial charge in [0.2, 0.25) is 5.91 Å². The zero-order chi connectivity index (χ0) is 26.4. The molecule has 0 unspecified atom stereocenters. The highest BCUT2D eigenvalue weighted by atomic mass is 79.9. The maximum atomic E-state index is 12.1. The molecule has 37 heavy (non-hydrogen) atoms. The summed E-state index contributed by atoms with van der Waals surface area (Å²) in [5.41, 5.74) is 4.59. The topological polar surface area (TPSA) is 50.7 Å². The highest BCUT2D eigenvalue weighted by Crippen LogP contribution is 2.19. The molecule has 0 atom stereocenters. The minimum Gasteiger partial charge on any atom is -0.488 e. The Balaban J connectivity index is 1.48. The second kappa shape index (κ2) is 20.9. The van der Waals surface area contributed by atoms with Crippen LogP contribution in [0.2, 0.25) is 0 Å². The van der Waals surface area contributed by atoms with Gasteiger partial charge in [0, 0.05) is 16.5 Å². The minimum atomic E-state index is -0.0285. The summed E-state index contributed by atoms with van der Waals surface area (Å²) in [4.78, 5) is 12.1. The van der Waals surface area contributed by atoms with Gasteiger partial charge in [0.1, 0.15) is 12.4 Å². The molecule has 0 bridgehead atoms. The molecule has 0 heterocycles. The first-order valence-electron chi connectivity index (χ1n) is 14.5. The fraction of sp³-hybridized carbons (Fsp3) is 0.562. The van der Waals surface area contributed by atoms with Crippen LogP contribution in [0, 0.1) is 0 Å². The van der Waals surface area contributed by atoms with Crippen molar-refractivity contribution in [3.8, 4) is 5.75 Å². The third kappa shape index (κ3) is 15.7. The molecule has 0 aliphatic carbocycles. The van der Waals surface area contributed by atoms with Gasteiger partial charge < -0.3 is 4.74 Å². The third-order valence-electron chi connectivity index (χ3n) is 6.63. The van der Waals surface area contributed by atoms with Crippen LogP contribution in [0.4, 0.5) is 0 Å². The largest absolute Gasteiger partial charge is 0.488 e. The maximum absolute atomic E-state index is 12.1. The molecule has 5 heteroatoms. The molecule has 204 valence electrons. The fourth-order valence-electron chi connectivity index (χ4n) is 4.35. The number of nitrogens with one attached hydrogen (secondary N) is 1. The van der Waals surface area contributed by atoms with Gasteiger partial charge in [-0.05, 0) is 36.2 Å². The smallest absolute Gasteiger partial charge is 0.240 e. The van der Waals surface area contributed by atoms with E-state index in [-0.39, 0.29) is 5.91 Å². The van der Waals surface area contributed by atoms with E-state index >= 15 is 0 Å². The Morgan fingerprint density at radius 2 is 1.32 bits per heavy atom. The average molecular weight is 572 g/mol. The summed E-state index contributed by atoms with van der Waals surface area (Å²) in [6, 6.07) is 15.8. The van der Waals surface area contributed by atoms with Crippen LogP contribution in [-0.2, 0) is 11.4 Å². The Morgan fingerprint density at radius 3 is 1.92 bits per heavy atom. The summed E-state index contributed by atoms with van der Waals surface area (Å²) in [5.74, 6) is 0.713. The van der Waals surface area contributed by atoms with Crippen molar-refractivity contribution in [1.82, 2.24) is 5.43 Å². The number of benzene rings is 2. The molecule has 0 radical (unpaired) electrons. The molecule has 0 aromatic heterocycles. The number of rotatable bonds is 21. The van der Waals surface area contributed by atoms with Gasteiger partial charge in [-0.1, -0.05) is 137 Å². The predicted molar refractivity (Wildman–Crippen MR) is 160 cm³/mol. The summed E-state index contributed by atoms with van der Waals surface area (Å²) in [6.45, 7) is 2.75. The highest BCUT2D eigenvalue weighted by Gasteiger charge is 2.03. The van der Waals surface area contributed by atoms with E-state index in [1.807, 2.05) is 48.5 Å². The van der Waals surface area contributed by atoms with E-state index in [1.54, 1.807) is 6.21 Å². The molecule has 1 amide bonds. The van der Waals surface area contributed by atoms with E-state index in [4.69, 9.17) is 4.74 Å². The fourth-order valence-corrected chi connectivity index (χ4v) is 4.61. The number of hydrazone groups is 1. The quantitative estimate of drug-likeness (QED) is 0.0921. The van der Waals surface area contributed by atoms with Crippen molar-refractivity contribution in [2.75, 3.05) is 0 Å². The standard InChI is InChI=1S/C32H47BrN2O2/c1-2-3-4-5-6-7-8-9-10-11-12-13-14-15-16-21-32(36)35-34-26-29-19-17-18-20-31(29)37-27-28-22-24-30(33)25-23-28/h17-20,22-26H,2-16,21,27H2,1H3,(H,35,36)/b34-26+. The number of para-hydroxylation sites is 1. The van der Waals surface area contributed by atoms with Crippen molar-refractivity contribution in [3.63, 3.8) is 0 Å². The molecule has 0 aliphatic rings. The molecule has 2 aromatic carbocycles. The van der Waals surface area contributed by atoms with Crippen molar-refractivity contribution in [2.45, 2.75) is 116 Å². The van der Waals surface area contributed by atoms with Gasteiger partial charge in [0.25, 0.3) is 0 Å². The zero-order valence-corrected chi connectivity index (χ0v) is 24.4. The van der Waals surface area contributed by atoms with Crippen LogP contribution >= 0.6 is 15.9 Å². The van der Waals surface area contributed by atoms with E-state index in [1.165, 1.54) is 83.5 Å². The minimum absolute atomic E-state index is 0.0285. The molecule has 2 aromatic rings. The van der Waals surface area contributed by atoms with Crippen molar-refractivity contribution in [2.24, 2.45) is 5.10 Å². The van der Waals surface area contributed by atoms with Crippen LogP contribution in [0.1, 0.15) is 121 Å². The normalized spacial score (nSPS) is 11.2. The van der Waals surface area contributed by atoms with E-state index in [0.717, 1.165) is 34.2 Å². The Kier molecular flexibility index (Phi) is 17.5. The number of unbranched alkanes of at least 4 members (excludes halogenated alkanes) is 14. The van der Waals surface area contributed by atoms with E-state index in [9.17, 15) is 4.79 Å². The van der Waals surface area contributed by atoms with Gasteiger partial charge in [-0.15, -0.1) is 0 Å². The number of halogens is 1. The molecule has 0 saturated carbocycles. The number of hydrogen-bond acceptors (Lipinski definition) is 3. The highest BCUT2D eigenvalue weighted by molar-refractivity contribution is 9.10. The number of carbonyl (C=O) groups is 1. The molecule has 2 rings (SSSR count). The monoisotopic (exact) mass is 570 g/mol. The van der Waals surface area contributed by atoms with Gasteiger partial charge in [0.05, 0.1) is 6.21 Å². The van der Waals surface area contributed by atoms with Gasteiger partial charge >= 0.3 is 0 Å². The Labute approximate surface area is 233 Å². The molecular weight excluding hydrogens is 524 g/mol. The van der Waals surface area contributed by atoms with Gasteiger partial charge in [-0.2, -0.15) is 5.10 Å². The van der Waals surface area contributed by atoms with Crippen molar-refractivity contribution in [3.05, 3.63) is 64.1 Å². The molecule has 0 saturated heterocycles. The molecule has 1 N–H and O–H groups in total. The molecular formula is C32H47BrN2O2. The second-order valence-electron chi connectivity index (χ2n) is 9.95.